The van der Waals surface area contributed by atoms with Gasteiger partial charge in [-0.05, 0) is 23.9 Å². The summed E-state index contributed by atoms with van der Waals surface area (Å²) in [6.07, 6.45) is 3.02. The molecule has 2 rings (SSSR count). The number of nitro groups is 1. The summed E-state index contributed by atoms with van der Waals surface area (Å²) in [5, 5.41) is 11.4. The molecule has 0 spiro atoms. The third kappa shape index (κ3) is 3.32. The van der Waals surface area contributed by atoms with Crippen LogP contribution in [0.2, 0.25) is 0 Å². The molecule has 0 N–H and O–H groups in total. The Morgan fingerprint density at radius 3 is 2.48 bits per heavy atom. The van der Waals surface area contributed by atoms with Crippen LogP contribution in [0.3, 0.4) is 0 Å². The largest absolute Gasteiger partial charge is 0.501 e. The van der Waals surface area contributed by atoms with Crippen LogP contribution in [0.15, 0.2) is 45.5 Å². The minimum Gasteiger partial charge on any atom is -0.329 e. The fourth-order valence-electron chi connectivity index (χ4n) is 1.58. The molecule has 0 radical (unpaired) electrons. The molecule has 1 heterocycles. The van der Waals surface area contributed by atoms with Gasteiger partial charge in [-0.2, -0.15) is 13.2 Å². The number of aromatic nitrogens is 2. The van der Waals surface area contributed by atoms with E-state index in [2.05, 4.69) is 4.98 Å². The summed E-state index contributed by atoms with van der Waals surface area (Å²) in [4.78, 5) is 12.8. The van der Waals surface area contributed by atoms with Crippen molar-refractivity contribution >= 4 is 27.3 Å². The molecule has 0 aliphatic heterocycles. The SMILES string of the molecule is Cn1ccnc1Sc1ccc(S(=O)(=O)C(F)(F)F)cc1[N+](=O)[O-]. The van der Waals surface area contributed by atoms with Crippen LogP contribution in [-0.4, -0.2) is 28.4 Å². The molecule has 0 saturated heterocycles. The Labute approximate surface area is 132 Å². The van der Waals surface area contributed by atoms with Gasteiger partial charge in [-0.3, -0.25) is 10.1 Å². The summed E-state index contributed by atoms with van der Waals surface area (Å²) in [5.74, 6) is 0. The molecule has 0 atom stereocenters. The Hall–Kier alpha value is -2.08. The lowest BCUT2D eigenvalue weighted by atomic mass is 10.3. The third-order valence-electron chi connectivity index (χ3n) is 2.72. The molecule has 12 heteroatoms. The van der Waals surface area contributed by atoms with Gasteiger partial charge in [0.2, 0.25) is 0 Å². The van der Waals surface area contributed by atoms with Crippen LogP contribution in [-0.2, 0) is 16.9 Å². The number of aryl methyl sites for hydroxylation is 1. The highest BCUT2D eigenvalue weighted by atomic mass is 32.2. The van der Waals surface area contributed by atoms with Crippen molar-refractivity contribution in [3.05, 3.63) is 40.7 Å². The molecule has 0 bridgehead atoms. The van der Waals surface area contributed by atoms with E-state index in [1.807, 2.05) is 0 Å². The maximum absolute atomic E-state index is 12.5. The highest BCUT2D eigenvalue weighted by molar-refractivity contribution is 7.99. The molecule has 0 aliphatic carbocycles. The number of hydrogen-bond acceptors (Lipinski definition) is 6. The van der Waals surface area contributed by atoms with E-state index in [0.29, 0.717) is 17.3 Å². The van der Waals surface area contributed by atoms with Gasteiger partial charge >= 0.3 is 5.51 Å². The van der Waals surface area contributed by atoms with E-state index < -0.39 is 30.9 Å². The minimum atomic E-state index is -5.65. The number of halogens is 3. The van der Waals surface area contributed by atoms with Crippen molar-refractivity contribution < 1.29 is 26.5 Å². The molecular formula is C11H8F3N3O4S2. The highest BCUT2D eigenvalue weighted by Gasteiger charge is 2.47. The Kier molecular flexibility index (Phi) is 4.39. The van der Waals surface area contributed by atoms with E-state index in [1.54, 1.807) is 17.8 Å². The molecular weight excluding hydrogens is 359 g/mol. The molecule has 23 heavy (non-hydrogen) atoms. The van der Waals surface area contributed by atoms with Gasteiger partial charge < -0.3 is 4.57 Å². The van der Waals surface area contributed by atoms with Crippen LogP contribution in [0, 0.1) is 10.1 Å². The molecule has 1 aromatic heterocycles. The zero-order valence-electron chi connectivity index (χ0n) is 11.3. The van der Waals surface area contributed by atoms with Crippen LogP contribution in [0.4, 0.5) is 18.9 Å². The average Bonchev–Trinajstić information content (AvgIpc) is 2.83. The van der Waals surface area contributed by atoms with Gasteiger partial charge in [0, 0.05) is 25.5 Å². The van der Waals surface area contributed by atoms with Crippen molar-refractivity contribution in [1.82, 2.24) is 9.55 Å². The van der Waals surface area contributed by atoms with Crippen molar-refractivity contribution in [3.63, 3.8) is 0 Å². The Morgan fingerprint density at radius 2 is 2.00 bits per heavy atom. The minimum absolute atomic E-state index is 0.0228. The summed E-state index contributed by atoms with van der Waals surface area (Å²) in [6.45, 7) is 0. The van der Waals surface area contributed by atoms with Crippen LogP contribution >= 0.6 is 11.8 Å². The van der Waals surface area contributed by atoms with Gasteiger partial charge in [0.05, 0.1) is 14.7 Å². The maximum atomic E-state index is 12.5. The first-order valence-corrected chi connectivity index (χ1v) is 8.09. The predicted octanol–water partition coefficient (Wildman–Crippen LogP) is 2.77. The summed E-state index contributed by atoms with van der Waals surface area (Å²) in [7, 11) is -4.03. The van der Waals surface area contributed by atoms with Crippen molar-refractivity contribution in [1.29, 1.82) is 0 Å². The average molecular weight is 367 g/mol. The van der Waals surface area contributed by atoms with E-state index in [-0.39, 0.29) is 4.90 Å². The van der Waals surface area contributed by atoms with Gasteiger partial charge in [-0.25, -0.2) is 13.4 Å². The molecule has 0 unspecified atom stereocenters. The monoisotopic (exact) mass is 367 g/mol. The van der Waals surface area contributed by atoms with Gasteiger partial charge in [0.15, 0.2) is 5.16 Å². The van der Waals surface area contributed by atoms with Crippen LogP contribution in [0.1, 0.15) is 0 Å². The van der Waals surface area contributed by atoms with Gasteiger partial charge in [-0.15, -0.1) is 0 Å². The number of nitrogens with zero attached hydrogens (tertiary/aromatic N) is 3. The van der Waals surface area contributed by atoms with Gasteiger partial charge in [0.25, 0.3) is 15.5 Å². The molecule has 0 amide bonds. The number of hydrogen-bond donors (Lipinski definition) is 0. The van der Waals surface area contributed by atoms with E-state index in [9.17, 15) is 31.7 Å². The fraction of sp³-hybridized carbons (Fsp3) is 0.182. The predicted molar refractivity (Wildman–Crippen MR) is 73.7 cm³/mol. The standard InChI is InChI=1S/C11H8F3N3O4S2/c1-16-5-4-15-10(16)22-9-3-2-7(6-8(9)17(18)19)23(20,21)11(12,13)14/h2-6H,1H3. The lowest BCUT2D eigenvalue weighted by Crippen LogP contribution is -2.23. The lowest BCUT2D eigenvalue weighted by Gasteiger charge is -2.09. The number of benzene rings is 1. The maximum Gasteiger partial charge on any atom is 0.501 e. The second-order valence-corrected chi connectivity index (χ2v) is 7.21. The quantitative estimate of drug-likeness (QED) is 0.609. The van der Waals surface area contributed by atoms with Gasteiger partial charge in [0.1, 0.15) is 0 Å². The summed E-state index contributed by atoms with van der Waals surface area (Å²) in [5.41, 5.74) is -6.28. The number of imidazole rings is 1. The van der Waals surface area contributed by atoms with Crippen molar-refractivity contribution in [3.8, 4) is 0 Å². The molecule has 0 saturated carbocycles. The zero-order valence-corrected chi connectivity index (χ0v) is 12.9. The summed E-state index contributed by atoms with van der Waals surface area (Å²) >= 11 is 0.837. The van der Waals surface area contributed by atoms with E-state index >= 15 is 0 Å². The number of sulfone groups is 1. The highest BCUT2D eigenvalue weighted by Crippen LogP contribution is 2.38. The van der Waals surface area contributed by atoms with Gasteiger partial charge in [-0.1, -0.05) is 0 Å². The Balaban J connectivity index is 2.52. The second-order valence-electron chi connectivity index (χ2n) is 4.26. The van der Waals surface area contributed by atoms with Crippen molar-refractivity contribution in [2.45, 2.75) is 20.5 Å². The molecule has 124 valence electrons. The first-order chi connectivity index (χ1) is 10.5. The molecule has 0 aliphatic rings. The fourth-order valence-corrected chi connectivity index (χ4v) is 3.25. The lowest BCUT2D eigenvalue weighted by molar-refractivity contribution is -0.388. The first kappa shape index (κ1) is 17.3. The molecule has 0 fully saturated rings. The summed E-state index contributed by atoms with van der Waals surface area (Å²) in [6, 6.07) is 2.03. The molecule has 7 nitrogen and oxygen atoms in total. The van der Waals surface area contributed by atoms with Crippen LogP contribution in [0.25, 0.3) is 0 Å². The van der Waals surface area contributed by atoms with E-state index in [1.165, 1.54) is 6.20 Å². The van der Waals surface area contributed by atoms with E-state index in [0.717, 1.165) is 17.8 Å². The van der Waals surface area contributed by atoms with Crippen molar-refractivity contribution in [2.75, 3.05) is 0 Å². The topological polar surface area (TPSA) is 95.1 Å². The molecule has 1 aromatic carbocycles. The number of nitro benzene ring substituents is 1. The van der Waals surface area contributed by atoms with E-state index in [4.69, 9.17) is 0 Å². The van der Waals surface area contributed by atoms with Crippen LogP contribution in [0.5, 0.6) is 0 Å². The third-order valence-corrected chi connectivity index (χ3v) is 5.35. The second kappa shape index (κ2) is 5.85. The van der Waals surface area contributed by atoms with Crippen LogP contribution < -0.4 is 0 Å². The smallest absolute Gasteiger partial charge is 0.329 e. The van der Waals surface area contributed by atoms with Crippen molar-refractivity contribution in [2.24, 2.45) is 7.05 Å². The number of alkyl halides is 3. The zero-order chi connectivity index (χ0) is 17.4. The Morgan fingerprint density at radius 1 is 1.35 bits per heavy atom. The first-order valence-electron chi connectivity index (χ1n) is 5.79. The normalized spacial score (nSPS) is 12.3. The Bertz CT molecular complexity index is 862. The summed E-state index contributed by atoms with van der Waals surface area (Å²) < 4.78 is 61.8. The molecule has 2 aromatic rings. The number of rotatable bonds is 4.